The maximum absolute atomic E-state index is 12.2. The molecule has 3 aromatic rings. The summed E-state index contributed by atoms with van der Waals surface area (Å²) in [6.07, 6.45) is -4.31. The van der Waals surface area contributed by atoms with Crippen LogP contribution >= 0.6 is 0 Å². The van der Waals surface area contributed by atoms with Gasteiger partial charge in [-0.1, -0.05) is 30.3 Å². The molecule has 28 heavy (non-hydrogen) atoms. The third-order valence-electron chi connectivity index (χ3n) is 3.87. The predicted octanol–water partition coefficient (Wildman–Crippen LogP) is 3.35. The Morgan fingerprint density at radius 2 is 1.79 bits per heavy atom. The minimum Gasteiger partial charge on any atom is -0.406 e. The van der Waals surface area contributed by atoms with Gasteiger partial charge in [-0.25, -0.2) is 4.98 Å². The van der Waals surface area contributed by atoms with Crippen LogP contribution in [-0.2, 0) is 13.5 Å². The Kier molecular flexibility index (Phi) is 5.62. The van der Waals surface area contributed by atoms with Gasteiger partial charge in [-0.3, -0.25) is 9.48 Å². The van der Waals surface area contributed by atoms with Crippen LogP contribution in [0.25, 0.3) is 11.4 Å². The number of nitrogens with zero attached hydrogens (tertiary/aromatic N) is 3. The van der Waals surface area contributed by atoms with Crippen LogP contribution in [-0.4, -0.2) is 33.6 Å². The zero-order valence-electron chi connectivity index (χ0n) is 14.9. The number of alkyl halides is 3. The first-order chi connectivity index (χ1) is 13.3. The third kappa shape index (κ3) is 5.09. The first kappa shape index (κ1) is 19.4. The van der Waals surface area contributed by atoms with Crippen molar-refractivity contribution < 1.29 is 22.7 Å². The normalized spacial score (nSPS) is 11.3. The lowest BCUT2D eigenvalue weighted by atomic mass is 10.2. The monoisotopic (exact) mass is 390 g/mol. The molecule has 0 unspecified atom stereocenters. The topological polar surface area (TPSA) is 69.0 Å². The fraction of sp³-hybridized carbons (Fsp3) is 0.211. The highest BCUT2D eigenvalue weighted by atomic mass is 19.4. The minimum atomic E-state index is -4.77. The number of aryl methyl sites for hydroxylation is 1. The average Bonchev–Trinajstić information content (AvgIpc) is 3.02. The SMILES string of the molecule is Cn1nc(-c2ccccc2)nc1CCNC(=O)c1ccc(OC(F)(F)F)cc1. The molecule has 1 heterocycles. The summed E-state index contributed by atoms with van der Waals surface area (Å²) in [6.45, 7) is 0.306. The van der Waals surface area contributed by atoms with E-state index < -0.39 is 12.3 Å². The zero-order chi connectivity index (χ0) is 20.1. The smallest absolute Gasteiger partial charge is 0.406 e. The van der Waals surface area contributed by atoms with Gasteiger partial charge in [-0.2, -0.15) is 5.10 Å². The molecule has 0 atom stereocenters. The number of hydrogen-bond acceptors (Lipinski definition) is 4. The Hall–Kier alpha value is -3.36. The van der Waals surface area contributed by atoms with E-state index in [1.807, 2.05) is 30.3 Å². The van der Waals surface area contributed by atoms with E-state index in [2.05, 4.69) is 20.1 Å². The lowest BCUT2D eigenvalue weighted by Crippen LogP contribution is -2.26. The van der Waals surface area contributed by atoms with E-state index in [1.165, 1.54) is 12.1 Å². The van der Waals surface area contributed by atoms with Crippen molar-refractivity contribution in [1.29, 1.82) is 0 Å². The first-order valence-electron chi connectivity index (χ1n) is 8.41. The molecule has 0 aliphatic carbocycles. The molecule has 3 rings (SSSR count). The maximum Gasteiger partial charge on any atom is 0.573 e. The molecule has 0 fully saturated rings. The summed E-state index contributed by atoms with van der Waals surface area (Å²) < 4.78 is 41.9. The molecular weight excluding hydrogens is 373 g/mol. The second-order valence-electron chi connectivity index (χ2n) is 5.92. The van der Waals surface area contributed by atoms with Gasteiger partial charge in [0.05, 0.1) is 0 Å². The number of halogens is 3. The predicted molar refractivity (Wildman–Crippen MR) is 95.6 cm³/mol. The third-order valence-corrected chi connectivity index (χ3v) is 3.87. The van der Waals surface area contributed by atoms with E-state index in [9.17, 15) is 18.0 Å². The van der Waals surface area contributed by atoms with E-state index >= 15 is 0 Å². The Bertz CT molecular complexity index is 938. The molecule has 0 saturated carbocycles. The van der Waals surface area contributed by atoms with Gasteiger partial charge >= 0.3 is 6.36 Å². The number of hydrogen-bond donors (Lipinski definition) is 1. The van der Waals surface area contributed by atoms with Crippen LogP contribution in [0, 0.1) is 0 Å². The van der Waals surface area contributed by atoms with Gasteiger partial charge in [0.1, 0.15) is 11.6 Å². The zero-order valence-corrected chi connectivity index (χ0v) is 14.9. The van der Waals surface area contributed by atoms with Crippen molar-refractivity contribution in [2.75, 3.05) is 6.54 Å². The lowest BCUT2D eigenvalue weighted by molar-refractivity contribution is -0.274. The number of amides is 1. The Labute approximate surface area is 159 Å². The molecule has 1 N–H and O–H groups in total. The molecule has 6 nitrogen and oxygen atoms in total. The second kappa shape index (κ2) is 8.12. The minimum absolute atomic E-state index is 0.234. The van der Waals surface area contributed by atoms with Crippen molar-refractivity contribution in [1.82, 2.24) is 20.1 Å². The van der Waals surface area contributed by atoms with Crippen LogP contribution in [0.3, 0.4) is 0 Å². The number of aromatic nitrogens is 3. The van der Waals surface area contributed by atoms with Gasteiger partial charge < -0.3 is 10.1 Å². The summed E-state index contributed by atoms with van der Waals surface area (Å²) in [7, 11) is 1.77. The fourth-order valence-corrected chi connectivity index (χ4v) is 2.54. The molecule has 146 valence electrons. The molecule has 0 bridgehead atoms. The first-order valence-corrected chi connectivity index (χ1v) is 8.41. The van der Waals surface area contributed by atoms with Crippen LogP contribution in [0.4, 0.5) is 13.2 Å². The van der Waals surface area contributed by atoms with Gasteiger partial charge in [-0.15, -0.1) is 13.2 Å². The molecule has 0 aliphatic rings. The van der Waals surface area contributed by atoms with E-state index in [0.717, 1.165) is 17.7 Å². The Morgan fingerprint density at radius 3 is 2.43 bits per heavy atom. The molecule has 0 radical (unpaired) electrons. The summed E-state index contributed by atoms with van der Waals surface area (Å²) in [5, 5.41) is 7.07. The number of carbonyl (C=O) groups excluding carboxylic acids is 1. The van der Waals surface area contributed by atoms with Crippen LogP contribution in [0.1, 0.15) is 16.2 Å². The molecule has 1 amide bonds. The van der Waals surface area contributed by atoms with E-state index in [-0.39, 0.29) is 11.3 Å². The van der Waals surface area contributed by atoms with Gasteiger partial charge in [0.2, 0.25) is 0 Å². The van der Waals surface area contributed by atoms with E-state index in [1.54, 1.807) is 11.7 Å². The number of benzene rings is 2. The maximum atomic E-state index is 12.2. The molecular formula is C19H17F3N4O2. The molecule has 1 aromatic heterocycles. The van der Waals surface area contributed by atoms with Gasteiger partial charge in [0.15, 0.2) is 5.82 Å². The van der Waals surface area contributed by atoms with Crippen LogP contribution in [0.15, 0.2) is 54.6 Å². The summed E-state index contributed by atoms with van der Waals surface area (Å²) >= 11 is 0. The fourth-order valence-electron chi connectivity index (χ4n) is 2.54. The van der Waals surface area contributed by atoms with Crippen molar-refractivity contribution in [3.8, 4) is 17.1 Å². The molecule has 0 saturated heterocycles. The molecule has 9 heteroatoms. The number of ether oxygens (including phenoxy) is 1. The largest absolute Gasteiger partial charge is 0.573 e. The summed E-state index contributed by atoms with van der Waals surface area (Å²) in [6, 6.07) is 14.3. The van der Waals surface area contributed by atoms with Crippen LogP contribution in [0.2, 0.25) is 0 Å². The number of nitrogens with one attached hydrogen (secondary N) is 1. The van der Waals surface area contributed by atoms with Crippen molar-refractivity contribution >= 4 is 5.91 Å². The van der Waals surface area contributed by atoms with Crippen molar-refractivity contribution in [3.63, 3.8) is 0 Å². The Balaban J connectivity index is 1.55. The quantitative estimate of drug-likeness (QED) is 0.701. The van der Waals surface area contributed by atoms with Crippen LogP contribution < -0.4 is 10.1 Å². The molecule has 0 aliphatic heterocycles. The summed E-state index contributed by atoms with van der Waals surface area (Å²) in [4.78, 5) is 16.6. The van der Waals surface area contributed by atoms with Crippen molar-refractivity contribution in [3.05, 3.63) is 66.0 Å². The number of rotatable bonds is 6. The van der Waals surface area contributed by atoms with Crippen molar-refractivity contribution in [2.45, 2.75) is 12.8 Å². The standard InChI is InChI=1S/C19H17F3N4O2/c1-26-16(24-17(25-26)13-5-3-2-4-6-13)11-12-23-18(27)14-7-9-15(10-8-14)28-19(20,21)22/h2-10H,11-12H2,1H3,(H,23,27). The molecule has 0 spiro atoms. The highest BCUT2D eigenvalue weighted by Crippen LogP contribution is 2.22. The van der Waals surface area contributed by atoms with Gasteiger partial charge in [-0.05, 0) is 24.3 Å². The average molecular weight is 390 g/mol. The van der Waals surface area contributed by atoms with E-state index in [4.69, 9.17) is 0 Å². The highest BCUT2D eigenvalue weighted by molar-refractivity contribution is 5.94. The summed E-state index contributed by atoms with van der Waals surface area (Å²) in [5.74, 6) is 0.526. The lowest BCUT2D eigenvalue weighted by Gasteiger charge is -2.09. The van der Waals surface area contributed by atoms with Crippen LogP contribution in [0.5, 0.6) is 5.75 Å². The highest BCUT2D eigenvalue weighted by Gasteiger charge is 2.31. The second-order valence-corrected chi connectivity index (χ2v) is 5.92. The van der Waals surface area contributed by atoms with Crippen molar-refractivity contribution in [2.24, 2.45) is 7.05 Å². The van der Waals surface area contributed by atoms with Gasteiger partial charge in [0, 0.05) is 31.1 Å². The van der Waals surface area contributed by atoms with E-state index in [0.29, 0.717) is 24.6 Å². The summed E-state index contributed by atoms with van der Waals surface area (Å²) in [5.41, 5.74) is 1.13. The number of carbonyl (C=O) groups is 1. The Morgan fingerprint density at radius 1 is 1.11 bits per heavy atom. The van der Waals surface area contributed by atoms with Gasteiger partial charge in [0.25, 0.3) is 5.91 Å². The molecule has 2 aromatic carbocycles.